The second-order valence-electron chi connectivity index (χ2n) is 5.87. The van der Waals surface area contributed by atoms with Crippen molar-refractivity contribution in [3.8, 4) is 0 Å². The number of esters is 1. The van der Waals surface area contributed by atoms with E-state index in [1.54, 1.807) is 0 Å². The van der Waals surface area contributed by atoms with E-state index < -0.39 is 47.3 Å². The largest absolute Gasteiger partial charge is 0.481 e. The summed E-state index contributed by atoms with van der Waals surface area (Å²) in [5.74, 6) is -3.72. The normalized spacial score (nSPS) is 20.0. The highest BCUT2D eigenvalue weighted by Gasteiger charge is 2.69. The first-order valence-electron chi connectivity index (χ1n) is 7.29. The molecule has 11 heteroatoms. The van der Waals surface area contributed by atoms with Gasteiger partial charge in [0, 0.05) is 0 Å². The Hall–Kier alpha value is -1.81. The number of carboxylic acids is 1. The molecule has 0 heterocycles. The topological polar surface area (TPSA) is 80.7 Å². The number of aliphatic carboxylic acids is 1. The predicted molar refractivity (Wildman–Crippen MR) is 69.3 cm³/mol. The van der Waals surface area contributed by atoms with Crippen molar-refractivity contribution in [1.82, 2.24) is 0 Å². The number of ketones is 1. The van der Waals surface area contributed by atoms with Gasteiger partial charge >= 0.3 is 24.3 Å². The van der Waals surface area contributed by atoms with E-state index in [4.69, 9.17) is 5.11 Å². The standard InChI is InChI=1S/C9H11F3O3.C5H5F3O2/c1-2-15-7(14)5-6(13)8(3-4-8)9(10,11)12;6-5(7,8)4(1-2-4)3(9)10/h2-5H2,1H3;1-2H2,(H,9,10). The molecule has 0 unspecified atom stereocenters. The summed E-state index contributed by atoms with van der Waals surface area (Å²) in [6, 6.07) is 0. The number of ether oxygens (including phenoxy) is 1. The van der Waals surface area contributed by atoms with Crippen LogP contribution >= 0.6 is 0 Å². The van der Waals surface area contributed by atoms with E-state index in [0.717, 1.165) is 0 Å². The van der Waals surface area contributed by atoms with Crippen LogP contribution in [0.4, 0.5) is 26.3 Å². The zero-order chi connectivity index (χ0) is 19.7. The van der Waals surface area contributed by atoms with Crippen LogP contribution in [0, 0.1) is 10.8 Å². The van der Waals surface area contributed by atoms with Crippen molar-refractivity contribution in [2.24, 2.45) is 10.8 Å². The zero-order valence-corrected chi connectivity index (χ0v) is 13.1. The molecule has 0 spiro atoms. The predicted octanol–water partition coefficient (Wildman–Crippen LogP) is 3.26. The molecule has 0 amide bonds. The lowest BCUT2D eigenvalue weighted by molar-refractivity contribution is -0.202. The lowest BCUT2D eigenvalue weighted by atomic mass is 9.98. The molecule has 5 nitrogen and oxygen atoms in total. The molecule has 25 heavy (non-hydrogen) atoms. The van der Waals surface area contributed by atoms with Gasteiger partial charge in [-0.25, -0.2) is 0 Å². The molecule has 0 radical (unpaired) electrons. The maximum absolute atomic E-state index is 12.4. The number of carbonyl (C=O) groups excluding carboxylic acids is 2. The summed E-state index contributed by atoms with van der Waals surface area (Å²) >= 11 is 0. The minimum Gasteiger partial charge on any atom is -0.481 e. The van der Waals surface area contributed by atoms with Crippen molar-refractivity contribution in [2.75, 3.05) is 6.61 Å². The van der Waals surface area contributed by atoms with Crippen molar-refractivity contribution in [1.29, 1.82) is 0 Å². The molecule has 0 aliphatic heterocycles. The Morgan fingerprint density at radius 2 is 1.32 bits per heavy atom. The van der Waals surface area contributed by atoms with Gasteiger partial charge in [0.05, 0.1) is 6.61 Å². The van der Waals surface area contributed by atoms with Crippen molar-refractivity contribution in [3.05, 3.63) is 0 Å². The van der Waals surface area contributed by atoms with Crippen LogP contribution in [-0.2, 0) is 19.1 Å². The summed E-state index contributed by atoms with van der Waals surface area (Å²) < 4.78 is 76.9. The van der Waals surface area contributed by atoms with E-state index in [1.165, 1.54) is 6.92 Å². The lowest BCUT2D eigenvalue weighted by Crippen LogP contribution is -2.34. The highest BCUT2D eigenvalue weighted by atomic mass is 19.4. The number of halogens is 6. The minimum absolute atomic E-state index is 0.0606. The maximum Gasteiger partial charge on any atom is 0.404 e. The fourth-order valence-corrected chi connectivity index (χ4v) is 2.10. The number of alkyl halides is 6. The number of hydrogen-bond donors (Lipinski definition) is 1. The molecule has 0 aromatic carbocycles. The molecule has 2 aliphatic carbocycles. The van der Waals surface area contributed by atoms with Gasteiger partial charge < -0.3 is 9.84 Å². The van der Waals surface area contributed by atoms with Crippen molar-refractivity contribution < 1.29 is 50.6 Å². The summed E-state index contributed by atoms with van der Waals surface area (Å²) in [5.41, 5.74) is -4.66. The fraction of sp³-hybridized carbons (Fsp3) is 0.786. The Bertz CT molecular complexity index is 543. The highest BCUT2D eigenvalue weighted by molar-refractivity contribution is 6.00. The van der Waals surface area contributed by atoms with Crippen LogP contribution in [0.5, 0.6) is 0 Å². The van der Waals surface area contributed by atoms with Crippen LogP contribution in [0.2, 0.25) is 0 Å². The summed E-state index contributed by atoms with van der Waals surface area (Å²) in [6.45, 7) is 1.59. The first kappa shape index (κ1) is 21.2. The van der Waals surface area contributed by atoms with Gasteiger partial charge in [0.2, 0.25) is 0 Å². The number of Topliss-reactive ketones (excluding diaryl/α,β-unsaturated/α-hetero) is 1. The SMILES string of the molecule is CCOC(=O)CC(=O)C1(C(F)(F)F)CC1.O=C(O)C1(C(F)(F)F)CC1. The monoisotopic (exact) mass is 378 g/mol. The van der Waals surface area contributed by atoms with Crippen LogP contribution < -0.4 is 0 Å². The first-order chi connectivity index (χ1) is 11.2. The molecule has 0 bridgehead atoms. The molecule has 144 valence electrons. The molecule has 2 rings (SSSR count). The third kappa shape index (κ3) is 4.43. The summed E-state index contributed by atoms with van der Waals surface area (Å²) in [4.78, 5) is 32.1. The van der Waals surface area contributed by atoms with E-state index in [9.17, 15) is 40.7 Å². The van der Waals surface area contributed by atoms with E-state index in [1.807, 2.05) is 0 Å². The van der Waals surface area contributed by atoms with Gasteiger partial charge in [0.15, 0.2) is 11.2 Å². The number of carbonyl (C=O) groups is 3. The van der Waals surface area contributed by atoms with Gasteiger partial charge in [-0.3, -0.25) is 14.4 Å². The van der Waals surface area contributed by atoms with Gasteiger partial charge in [0.25, 0.3) is 0 Å². The van der Waals surface area contributed by atoms with E-state index in [2.05, 4.69) is 4.74 Å². The maximum atomic E-state index is 12.4. The second kappa shape index (κ2) is 6.83. The average molecular weight is 378 g/mol. The Morgan fingerprint density at radius 3 is 1.52 bits per heavy atom. The summed E-state index contributed by atoms with van der Waals surface area (Å²) in [5, 5.41) is 8.12. The molecule has 2 saturated carbocycles. The molecule has 0 aromatic rings. The molecular weight excluding hydrogens is 362 g/mol. The van der Waals surface area contributed by atoms with Crippen LogP contribution in [0.3, 0.4) is 0 Å². The molecule has 2 fully saturated rings. The Balaban J connectivity index is 0.000000271. The third-order valence-corrected chi connectivity index (χ3v) is 4.14. The minimum atomic E-state index is -4.57. The third-order valence-electron chi connectivity index (χ3n) is 4.14. The van der Waals surface area contributed by atoms with Crippen molar-refractivity contribution in [2.45, 2.75) is 51.4 Å². The van der Waals surface area contributed by atoms with Gasteiger partial charge in [0.1, 0.15) is 11.8 Å². The molecule has 0 saturated heterocycles. The molecule has 1 N–H and O–H groups in total. The average Bonchev–Trinajstić information content (AvgIpc) is 3.29. The van der Waals surface area contributed by atoms with Gasteiger partial charge in [-0.1, -0.05) is 0 Å². The van der Waals surface area contributed by atoms with Gasteiger partial charge in [-0.15, -0.1) is 0 Å². The highest BCUT2D eigenvalue weighted by Crippen LogP contribution is 2.59. The molecule has 2 aliphatic rings. The number of carboxylic acid groups (broad SMARTS) is 1. The molecular formula is C14H16F6O5. The Labute approximate surface area is 138 Å². The zero-order valence-electron chi connectivity index (χ0n) is 13.1. The first-order valence-corrected chi connectivity index (χ1v) is 7.29. The van der Waals surface area contributed by atoms with Crippen molar-refractivity contribution in [3.63, 3.8) is 0 Å². The molecule has 0 aromatic heterocycles. The fourth-order valence-electron chi connectivity index (χ4n) is 2.10. The van der Waals surface area contributed by atoms with Crippen LogP contribution in [0.15, 0.2) is 0 Å². The number of rotatable bonds is 5. The molecule has 0 atom stereocenters. The van der Waals surface area contributed by atoms with Gasteiger partial charge in [-0.2, -0.15) is 26.3 Å². The summed E-state index contributed by atoms with van der Waals surface area (Å²) in [7, 11) is 0. The summed E-state index contributed by atoms with van der Waals surface area (Å²) in [6.07, 6.45) is -10.9. The second-order valence-corrected chi connectivity index (χ2v) is 5.87. The Morgan fingerprint density at radius 1 is 0.920 bits per heavy atom. The Kier molecular flexibility index (Phi) is 5.80. The van der Waals surface area contributed by atoms with E-state index >= 15 is 0 Å². The van der Waals surface area contributed by atoms with E-state index in [0.29, 0.717) is 0 Å². The van der Waals surface area contributed by atoms with Crippen molar-refractivity contribution >= 4 is 17.7 Å². The quantitative estimate of drug-likeness (QED) is 0.451. The smallest absolute Gasteiger partial charge is 0.404 e. The van der Waals surface area contributed by atoms with Gasteiger partial charge in [-0.05, 0) is 32.6 Å². The number of hydrogen-bond acceptors (Lipinski definition) is 4. The van der Waals surface area contributed by atoms with Crippen LogP contribution in [0.1, 0.15) is 39.0 Å². The van der Waals surface area contributed by atoms with Crippen LogP contribution in [-0.4, -0.2) is 41.8 Å². The van der Waals surface area contributed by atoms with E-state index in [-0.39, 0.29) is 32.3 Å². The lowest BCUT2D eigenvalue weighted by Gasteiger charge is -2.16. The van der Waals surface area contributed by atoms with Crippen LogP contribution in [0.25, 0.3) is 0 Å².